The van der Waals surface area contributed by atoms with E-state index in [0.29, 0.717) is 0 Å². The van der Waals surface area contributed by atoms with Crippen molar-refractivity contribution in [1.82, 2.24) is 0 Å². The second-order valence-electron chi connectivity index (χ2n) is 9.07. The van der Waals surface area contributed by atoms with Crippen LogP contribution in [-0.4, -0.2) is 25.6 Å². The van der Waals surface area contributed by atoms with E-state index >= 15 is 0 Å². The minimum atomic E-state index is 0.0618. The van der Waals surface area contributed by atoms with Crippen LogP contribution in [0.5, 0.6) is 0 Å². The monoisotopic (exact) mass is 326 g/mol. The first-order valence-electron chi connectivity index (χ1n) is 9.07. The Morgan fingerprint density at radius 1 is 0.500 bits per heavy atom. The van der Waals surface area contributed by atoms with Crippen LogP contribution in [0, 0.1) is 48.5 Å². The topological polar surface area (TPSA) is 0 Å². The molecule has 0 N–H and O–H groups in total. The molecule has 2 aromatic carbocycles. The third-order valence-electron chi connectivity index (χ3n) is 7.04. The third kappa shape index (κ3) is 2.40. The molecular weight excluding hydrogens is 290 g/mol. The Morgan fingerprint density at radius 3 is 1.21 bits per heavy atom. The summed E-state index contributed by atoms with van der Waals surface area (Å²) in [5.74, 6) is 0. The fourth-order valence-corrected chi connectivity index (χ4v) is 4.28. The fraction of sp³-hybridized carbons (Fsp3) is 0.565. The maximum atomic E-state index is 2.39. The van der Waals surface area contributed by atoms with Gasteiger partial charge in [0.05, 0.1) is 21.1 Å². The number of hydrogen-bond donors (Lipinski definition) is 0. The smallest absolute Gasteiger partial charge is 0.119 e. The van der Waals surface area contributed by atoms with Gasteiger partial charge in [0.1, 0.15) is 5.54 Å². The van der Waals surface area contributed by atoms with Gasteiger partial charge in [-0.05, 0) is 112 Å². The summed E-state index contributed by atoms with van der Waals surface area (Å²) in [6.45, 7) is 20.9. The molecule has 0 aliphatic carbocycles. The average molecular weight is 327 g/mol. The number of fused-ring (bicyclic) bond motifs is 1. The Morgan fingerprint density at radius 2 is 0.833 bits per heavy atom. The minimum absolute atomic E-state index is 0.0618. The van der Waals surface area contributed by atoms with Gasteiger partial charge in [-0.25, -0.2) is 0 Å². The predicted octanol–water partition coefficient (Wildman–Crippen LogP) is 5.94. The molecule has 132 valence electrons. The predicted molar refractivity (Wildman–Crippen MR) is 108 cm³/mol. The highest BCUT2D eigenvalue weighted by Crippen LogP contribution is 2.43. The van der Waals surface area contributed by atoms with E-state index in [9.17, 15) is 0 Å². The zero-order valence-electron chi connectivity index (χ0n) is 17.9. The zero-order chi connectivity index (χ0) is 18.8. The Balaban J connectivity index is 3.14. The van der Waals surface area contributed by atoms with Crippen molar-refractivity contribution in [3.63, 3.8) is 0 Å². The molecule has 0 spiro atoms. The van der Waals surface area contributed by atoms with E-state index in [2.05, 4.69) is 83.5 Å². The summed E-state index contributed by atoms with van der Waals surface area (Å²) in [4.78, 5) is 0. The van der Waals surface area contributed by atoms with Gasteiger partial charge in [-0.3, -0.25) is 0 Å². The normalized spacial score (nSPS) is 13.0. The molecule has 0 unspecified atom stereocenters. The largest absolute Gasteiger partial charge is 0.323 e. The van der Waals surface area contributed by atoms with Crippen molar-refractivity contribution in [2.45, 2.75) is 67.9 Å². The second-order valence-corrected chi connectivity index (χ2v) is 9.07. The van der Waals surface area contributed by atoms with Crippen LogP contribution in [0.3, 0.4) is 0 Å². The zero-order valence-corrected chi connectivity index (χ0v) is 17.9. The van der Waals surface area contributed by atoms with Crippen LogP contribution < -0.4 is 0 Å². The van der Waals surface area contributed by atoms with Crippen LogP contribution in [0.2, 0.25) is 0 Å². The van der Waals surface area contributed by atoms with Crippen molar-refractivity contribution in [1.29, 1.82) is 0 Å². The highest BCUT2D eigenvalue weighted by Gasteiger charge is 2.38. The van der Waals surface area contributed by atoms with E-state index < -0.39 is 0 Å². The first-order valence-corrected chi connectivity index (χ1v) is 9.07. The highest BCUT2D eigenvalue weighted by molar-refractivity contribution is 5.97. The molecule has 0 bridgehead atoms. The summed E-state index contributed by atoms with van der Waals surface area (Å²) in [6, 6.07) is 0. The average Bonchev–Trinajstić information content (AvgIpc) is 2.45. The van der Waals surface area contributed by atoms with E-state index in [1.54, 1.807) is 0 Å². The molecule has 1 nitrogen and oxygen atoms in total. The molecule has 0 fully saturated rings. The van der Waals surface area contributed by atoms with Gasteiger partial charge in [0.2, 0.25) is 0 Å². The van der Waals surface area contributed by atoms with Crippen LogP contribution in [0.25, 0.3) is 10.8 Å². The number of aryl methyl sites for hydroxylation is 4. The van der Waals surface area contributed by atoms with Gasteiger partial charge in [-0.15, -0.1) is 0 Å². The van der Waals surface area contributed by atoms with E-state index in [0.717, 1.165) is 4.48 Å². The Bertz CT molecular complexity index is 830. The molecule has 2 rings (SSSR count). The van der Waals surface area contributed by atoms with Crippen molar-refractivity contribution in [3.8, 4) is 0 Å². The van der Waals surface area contributed by atoms with Gasteiger partial charge in [0.15, 0.2) is 0 Å². The lowest BCUT2D eigenvalue weighted by molar-refractivity contribution is -0.927. The molecule has 0 atom stereocenters. The van der Waals surface area contributed by atoms with E-state index in [1.807, 2.05) is 0 Å². The molecule has 0 amide bonds. The molecule has 24 heavy (non-hydrogen) atoms. The van der Waals surface area contributed by atoms with E-state index in [1.165, 1.54) is 55.3 Å². The molecule has 0 saturated carbocycles. The molecule has 0 aliphatic heterocycles. The first kappa shape index (κ1) is 19.0. The highest BCUT2D eigenvalue weighted by atomic mass is 15.3. The van der Waals surface area contributed by atoms with Gasteiger partial charge >= 0.3 is 0 Å². The summed E-state index contributed by atoms with van der Waals surface area (Å²) in [5, 5.41) is 2.96. The Labute approximate surface area is 149 Å². The van der Waals surface area contributed by atoms with Gasteiger partial charge in [-0.1, -0.05) is 0 Å². The first-order chi connectivity index (χ1) is 10.7. The van der Waals surface area contributed by atoms with Gasteiger partial charge in [0.25, 0.3) is 0 Å². The Kier molecular flexibility index (Phi) is 4.43. The van der Waals surface area contributed by atoms with Crippen molar-refractivity contribution < 1.29 is 4.48 Å². The maximum Gasteiger partial charge on any atom is 0.119 e. The number of quaternary nitrogens is 1. The van der Waals surface area contributed by atoms with Crippen molar-refractivity contribution >= 4 is 10.8 Å². The number of nitrogens with zero attached hydrogens (tertiary/aromatic N) is 1. The summed E-state index contributed by atoms with van der Waals surface area (Å²) in [6.07, 6.45) is 0. The summed E-state index contributed by atoms with van der Waals surface area (Å²) in [5.41, 5.74) is 11.8. The second kappa shape index (κ2) is 5.59. The van der Waals surface area contributed by atoms with Gasteiger partial charge in [-0.2, -0.15) is 0 Å². The number of hydrogen-bond acceptors (Lipinski definition) is 0. The number of rotatable bonds is 2. The van der Waals surface area contributed by atoms with Crippen molar-refractivity contribution in [3.05, 3.63) is 44.5 Å². The number of benzene rings is 2. The molecule has 0 aliphatic rings. The summed E-state index contributed by atoms with van der Waals surface area (Å²) >= 11 is 0. The standard InChI is InChI=1S/C23H36N/c1-13-14(2)16(4)21-19(7)22(23(8,9)24(10,11)12)18(6)17(5)20(21)15(13)3/h1-12H3/q+1. The lowest BCUT2D eigenvalue weighted by atomic mass is 9.77. The van der Waals surface area contributed by atoms with Crippen LogP contribution in [0.1, 0.15) is 58.4 Å². The third-order valence-corrected chi connectivity index (χ3v) is 7.04. The molecular formula is C23H36N+. The minimum Gasteiger partial charge on any atom is -0.323 e. The van der Waals surface area contributed by atoms with Crippen LogP contribution in [-0.2, 0) is 5.54 Å². The molecule has 0 radical (unpaired) electrons. The quantitative estimate of drug-likeness (QED) is 0.599. The van der Waals surface area contributed by atoms with Crippen LogP contribution in [0.4, 0.5) is 0 Å². The fourth-order valence-electron chi connectivity index (χ4n) is 4.28. The lowest BCUT2D eigenvalue weighted by Gasteiger charge is -2.44. The maximum absolute atomic E-state index is 2.39. The lowest BCUT2D eigenvalue weighted by Crippen LogP contribution is -2.51. The molecule has 1 heteroatoms. The molecule has 0 saturated heterocycles. The SMILES string of the molecule is Cc1c(C)c(C)c2c(C)c(C(C)(C)[N+](C)(C)C)c(C)c(C)c2c1C. The Hall–Kier alpha value is -1.34. The van der Waals surface area contributed by atoms with Crippen LogP contribution in [0.15, 0.2) is 0 Å². The summed E-state index contributed by atoms with van der Waals surface area (Å²) in [7, 11) is 6.91. The van der Waals surface area contributed by atoms with Crippen molar-refractivity contribution in [2.24, 2.45) is 0 Å². The van der Waals surface area contributed by atoms with E-state index in [-0.39, 0.29) is 5.54 Å². The van der Waals surface area contributed by atoms with Gasteiger partial charge < -0.3 is 4.48 Å². The van der Waals surface area contributed by atoms with Crippen LogP contribution >= 0.6 is 0 Å². The van der Waals surface area contributed by atoms with Crippen molar-refractivity contribution in [2.75, 3.05) is 21.1 Å². The molecule has 0 heterocycles. The summed E-state index contributed by atoms with van der Waals surface area (Å²) < 4.78 is 0.919. The molecule has 0 aromatic heterocycles. The van der Waals surface area contributed by atoms with Gasteiger partial charge in [0, 0.05) is 5.56 Å². The van der Waals surface area contributed by atoms with E-state index in [4.69, 9.17) is 0 Å². The molecule has 2 aromatic rings.